The molecule has 1 saturated heterocycles. The Bertz CT molecular complexity index is 491. The molecule has 6 nitrogen and oxygen atoms in total. The zero-order valence-corrected chi connectivity index (χ0v) is 9.42. The predicted molar refractivity (Wildman–Crippen MR) is 61.4 cm³/mol. The van der Waals surface area contributed by atoms with E-state index in [1.807, 2.05) is 0 Å². The first-order valence-corrected chi connectivity index (χ1v) is 5.34. The Morgan fingerprint density at radius 3 is 2.71 bits per heavy atom. The summed E-state index contributed by atoms with van der Waals surface area (Å²) in [6.07, 6.45) is 0.206. The largest absolute Gasteiger partial charge is 0.505 e. The number of carbonyl (C=O) groups is 1. The summed E-state index contributed by atoms with van der Waals surface area (Å²) in [5.74, 6) is -0.493. The first kappa shape index (κ1) is 11.7. The van der Waals surface area contributed by atoms with Gasteiger partial charge in [0, 0.05) is 19.0 Å². The minimum Gasteiger partial charge on any atom is -0.505 e. The van der Waals surface area contributed by atoms with Gasteiger partial charge in [-0.05, 0) is 6.07 Å². The van der Waals surface area contributed by atoms with E-state index < -0.39 is 4.92 Å². The molecule has 1 aromatic rings. The highest BCUT2D eigenvalue weighted by molar-refractivity contribution is 6.24. The third kappa shape index (κ3) is 2.16. The fraction of sp³-hybridized carbons (Fsp3) is 0.300. The molecule has 7 heteroatoms. The summed E-state index contributed by atoms with van der Waals surface area (Å²) in [5, 5.41) is 19.9. The van der Waals surface area contributed by atoms with Crippen LogP contribution in [0.5, 0.6) is 5.75 Å². The van der Waals surface area contributed by atoms with Crippen molar-refractivity contribution in [2.45, 2.75) is 11.8 Å². The number of rotatable bonds is 2. The quantitative estimate of drug-likeness (QED) is 0.495. The first-order chi connectivity index (χ1) is 7.99. The molecule has 0 saturated carbocycles. The molecule has 1 N–H and O–H groups in total. The fourth-order valence-electron chi connectivity index (χ4n) is 1.75. The fourth-order valence-corrected chi connectivity index (χ4v) is 2.02. The highest BCUT2D eigenvalue weighted by Crippen LogP contribution is 2.34. The topological polar surface area (TPSA) is 83.7 Å². The summed E-state index contributed by atoms with van der Waals surface area (Å²) >= 11 is 5.83. The molecular weight excluding hydrogens is 248 g/mol. The lowest BCUT2D eigenvalue weighted by atomic mass is 10.2. The number of phenolic OH excluding ortho intramolecular Hbond substituents is 1. The average Bonchev–Trinajstić information content (AvgIpc) is 2.57. The van der Waals surface area contributed by atoms with Crippen LogP contribution >= 0.6 is 11.6 Å². The van der Waals surface area contributed by atoms with E-state index in [1.165, 1.54) is 17.0 Å². The number of benzene rings is 1. The maximum absolute atomic E-state index is 11.6. The molecule has 1 atom stereocenters. The number of anilines is 1. The van der Waals surface area contributed by atoms with Gasteiger partial charge in [-0.25, -0.2) is 0 Å². The van der Waals surface area contributed by atoms with Crippen molar-refractivity contribution in [3.8, 4) is 5.75 Å². The number of nitro benzene ring substituents is 1. The molecule has 0 aliphatic carbocycles. The second-order valence-electron chi connectivity index (χ2n) is 3.74. The predicted octanol–water partition coefficient (Wildman–Crippen LogP) is 1.64. The third-order valence-electron chi connectivity index (χ3n) is 2.54. The Hall–Kier alpha value is -1.82. The van der Waals surface area contributed by atoms with E-state index in [0.717, 1.165) is 6.07 Å². The smallest absolute Gasteiger partial charge is 0.273 e. The van der Waals surface area contributed by atoms with E-state index in [-0.39, 0.29) is 34.8 Å². The molecule has 1 heterocycles. The molecule has 0 spiro atoms. The maximum Gasteiger partial charge on any atom is 0.273 e. The number of carbonyl (C=O) groups excluding carboxylic acids is 1. The lowest BCUT2D eigenvalue weighted by molar-refractivity contribution is -0.384. The van der Waals surface area contributed by atoms with Crippen molar-refractivity contribution >= 4 is 28.9 Å². The number of nitro groups is 1. The van der Waals surface area contributed by atoms with Crippen molar-refractivity contribution in [2.24, 2.45) is 0 Å². The van der Waals surface area contributed by atoms with Gasteiger partial charge in [0.25, 0.3) is 5.69 Å². The molecule has 0 bridgehead atoms. The second-order valence-corrected chi connectivity index (χ2v) is 4.35. The van der Waals surface area contributed by atoms with Gasteiger partial charge in [0.05, 0.1) is 22.1 Å². The number of aromatic hydroxyl groups is 1. The Morgan fingerprint density at radius 1 is 1.53 bits per heavy atom. The molecule has 0 radical (unpaired) electrons. The zero-order chi connectivity index (χ0) is 12.6. The van der Waals surface area contributed by atoms with Crippen molar-refractivity contribution in [3.05, 3.63) is 28.3 Å². The number of hydrogen-bond donors (Lipinski definition) is 1. The molecule has 2 rings (SSSR count). The molecule has 1 unspecified atom stereocenters. The van der Waals surface area contributed by atoms with E-state index in [2.05, 4.69) is 0 Å². The molecule has 1 aliphatic heterocycles. The van der Waals surface area contributed by atoms with Gasteiger partial charge in [-0.1, -0.05) is 0 Å². The molecule has 1 amide bonds. The summed E-state index contributed by atoms with van der Waals surface area (Å²) < 4.78 is 0. The third-order valence-corrected chi connectivity index (χ3v) is 2.83. The number of halogens is 1. The number of alkyl halides is 1. The number of non-ortho nitro benzene ring substituents is 1. The average molecular weight is 257 g/mol. The van der Waals surface area contributed by atoms with Gasteiger partial charge in [0.15, 0.2) is 0 Å². The van der Waals surface area contributed by atoms with Crippen LogP contribution < -0.4 is 4.90 Å². The van der Waals surface area contributed by atoms with Crippen LogP contribution in [-0.4, -0.2) is 27.9 Å². The molecule has 1 aliphatic rings. The van der Waals surface area contributed by atoms with Crippen molar-refractivity contribution in [1.82, 2.24) is 0 Å². The Balaban J connectivity index is 2.34. The lowest BCUT2D eigenvalue weighted by Gasteiger charge is -2.16. The summed E-state index contributed by atoms with van der Waals surface area (Å²) in [6.45, 7) is 0.297. The van der Waals surface area contributed by atoms with Crippen molar-refractivity contribution in [2.75, 3.05) is 11.4 Å². The molecule has 90 valence electrons. The molecule has 17 heavy (non-hydrogen) atoms. The standard InChI is InChI=1S/C10H9ClN2O4/c11-6-3-10(15)12(5-6)8-2-1-7(13(16)17)4-9(8)14/h1-2,4,6,14H,3,5H2. The number of amides is 1. The van der Waals surface area contributed by atoms with Gasteiger partial charge < -0.3 is 10.0 Å². The minimum atomic E-state index is -0.611. The zero-order valence-electron chi connectivity index (χ0n) is 8.67. The van der Waals surface area contributed by atoms with Gasteiger partial charge in [-0.15, -0.1) is 11.6 Å². The van der Waals surface area contributed by atoms with Crippen molar-refractivity contribution in [3.63, 3.8) is 0 Å². The molecule has 0 aromatic heterocycles. The number of hydrogen-bond acceptors (Lipinski definition) is 4. The number of nitrogens with zero attached hydrogens (tertiary/aromatic N) is 2. The van der Waals surface area contributed by atoms with Gasteiger partial charge in [0.1, 0.15) is 5.75 Å². The normalized spacial score (nSPS) is 19.7. The van der Waals surface area contributed by atoms with Crippen LogP contribution in [0, 0.1) is 10.1 Å². The first-order valence-electron chi connectivity index (χ1n) is 4.91. The summed E-state index contributed by atoms with van der Waals surface area (Å²) in [5.41, 5.74) is 0.0315. The van der Waals surface area contributed by atoms with Crippen LogP contribution in [0.25, 0.3) is 0 Å². The maximum atomic E-state index is 11.6. The van der Waals surface area contributed by atoms with Gasteiger partial charge in [0.2, 0.25) is 5.91 Å². The highest BCUT2D eigenvalue weighted by atomic mass is 35.5. The van der Waals surface area contributed by atoms with Crippen molar-refractivity contribution in [1.29, 1.82) is 0 Å². The SMILES string of the molecule is O=C1CC(Cl)CN1c1ccc([N+](=O)[O-])cc1O. The Kier molecular flexibility index (Phi) is 2.89. The lowest BCUT2D eigenvalue weighted by Crippen LogP contribution is -2.24. The molecular formula is C10H9ClN2O4. The number of phenols is 1. The van der Waals surface area contributed by atoms with Gasteiger partial charge in [-0.2, -0.15) is 0 Å². The van der Waals surface area contributed by atoms with Crippen LogP contribution in [0.15, 0.2) is 18.2 Å². The van der Waals surface area contributed by atoms with Crippen LogP contribution in [-0.2, 0) is 4.79 Å². The van der Waals surface area contributed by atoms with E-state index in [1.54, 1.807) is 0 Å². The van der Waals surface area contributed by atoms with Crippen LogP contribution in [0.4, 0.5) is 11.4 Å². The Labute approximate surface area is 102 Å². The van der Waals surface area contributed by atoms with Gasteiger partial charge in [-0.3, -0.25) is 14.9 Å². The minimum absolute atomic E-state index is 0.200. The molecule has 1 aromatic carbocycles. The van der Waals surface area contributed by atoms with E-state index in [0.29, 0.717) is 6.54 Å². The van der Waals surface area contributed by atoms with Crippen LogP contribution in [0.2, 0.25) is 0 Å². The Morgan fingerprint density at radius 2 is 2.24 bits per heavy atom. The monoisotopic (exact) mass is 256 g/mol. The van der Waals surface area contributed by atoms with Crippen LogP contribution in [0.1, 0.15) is 6.42 Å². The summed E-state index contributed by atoms with van der Waals surface area (Å²) in [6, 6.07) is 3.61. The van der Waals surface area contributed by atoms with E-state index in [9.17, 15) is 20.0 Å². The van der Waals surface area contributed by atoms with Gasteiger partial charge >= 0.3 is 0 Å². The van der Waals surface area contributed by atoms with E-state index in [4.69, 9.17) is 11.6 Å². The summed E-state index contributed by atoms with van der Waals surface area (Å²) in [7, 11) is 0. The van der Waals surface area contributed by atoms with E-state index >= 15 is 0 Å². The summed E-state index contributed by atoms with van der Waals surface area (Å²) in [4.78, 5) is 22.8. The highest BCUT2D eigenvalue weighted by Gasteiger charge is 2.31. The van der Waals surface area contributed by atoms with Crippen LogP contribution in [0.3, 0.4) is 0 Å². The second kappa shape index (κ2) is 4.21. The van der Waals surface area contributed by atoms with Crippen molar-refractivity contribution < 1.29 is 14.8 Å². The molecule has 1 fully saturated rings.